The lowest BCUT2D eigenvalue weighted by atomic mass is 10.9. The van der Waals surface area contributed by atoms with Gasteiger partial charge in [-0.2, -0.15) is 0 Å². The van der Waals surface area contributed by atoms with E-state index in [0.717, 1.165) is 0 Å². The summed E-state index contributed by atoms with van der Waals surface area (Å²) in [5, 5.41) is 5.85. The van der Waals surface area contributed by atoms with Crippen molar-refractivity contribution in [3.05, 3.63) is 0 Å². The number of hydrogen-bond acceptors (Lipinski definition) is 1. The molecule has 0 bridgehead atoms. The van der Waals surface area contributed by atoms with Gasteiger partial charge < -0.3 is 28.9 Å². The van der Waals surface area contributed by atoms with Crippen molar-refractivity contribution >= 4 is 12.7 Å². The summed E-state index contributed by atoms with van der Waals surface area (Å²) in [6.07, 6.45) is 3.64. The third-order valence-corrected chi connectivity index (χ3v) is 0.863. The molecule has 0 aromatic carbocycles. The van der Waals surface area contributed by atoms with Crippen LogP contribution in [0.15, 0.2) is 5.10 Å². The normalized spacial score (nSPS) is 9.08. The number of halogens is 1. The molecule has 12 heavy (non-hydrogen) atoms. The van der Waals surface area contributed by atoms with Gasteiger partial charge >= 0.3 is 0 Å². The largest absolute Gasteiger partial charge is 1.00 e. The average molecular weight is 284 g/mol. The Morgan fingerprint density at radius 2 is 1.67 bits per heavy atom. The Hall–Kier alpha value is -0.330. The second-order valence-electron chi connectivity index (χ2n) is 2.85. The van der Waals surface area contributed by atoms with Crippen LogP contribution in [0.5, 0.6) is 0 Å². The number of rotatable bonds is 3. The van der Waals surface area contributed by atoms with Crippen LogP contribution in [0.4, 0.5) is 0 Å². The van der Waals surface area contributed by atoms with Crippen LogP contribution < -0.4 is 24.0 Å². The first-order valence-corrected chi connectivity index (χ1v) is 3.47. The Kier molecular flexibility index (Phi) is 8.67. The van der Waals surface area contributed by atoms with Gasteiger partial charge in [-0.1, -0.05) is 5.10 Å². The molecule has 0 radical (unpaired) electrons. The van der Waals surface area contributed by atoms with Crippen LogP contribution in [-0.2, 0) is 0 Å². The fourth-order valence-electron chi connectivity index (χ4n) is 0.549. The molecule has 0 aromatic rings. The van der Waals surface area contributed by atoms with Crippen molar-refractivity contribution in [2.24, 2.45) is 5.10 Å². The maximum absolute atomic E-state index is 4.10. The molecular formula is C7H17IN4. The molecule has 0 heterocycles. The molecule has 0 rings (SSSR count). The van der Waals surface area contributed by atoms with Crippen LogP contribution in [0.2, 0.25) is 0 Å². The Balaban J connectivity index is 0. The minimum atomic E-state index is 0. The van der Waals surface area contributed by atoms with Crippen molar-refractivity contribution in [3.8, 4) is 0 Å². The van der Waals surface area contributed by atoms with E-state index in [-0.39, 0.29) is 24.0 Å². The molecule has 0 aliphatic heterocycles. The van der Waals surface area contributed by atoms with Crippen molar-refractivity contribution in [3.63, 3.8) is 0 Å². The highest BCUT2D eigenvalue weighted by Gasteiger charge is 1.92. The van der Waals surface area contributed by atoms with E-state index in [9.17, 15) is 0 Å². The SMILES string of the molecule is CN(C)/C=N/N(C)C=[N+](C)C.[I-]. The van der Waals surface area contributed by atoms with E-state index < -0.39 is 0 Å². The molecule has 0 spiro atoms. The van der Waals surface area contributed by atoms with Crippen LogP contribution in [0.25, 0.3) is 0 Å². The molecule has 0 amide bonds. The van der Waals surface area contributed by atoms with E-state index in [4.69, 9.17) is 0 Å². The van der Waals surface area contributed by atoms with Crippen molar-refractivity contribution in [2.45, 2.75) is 0 Å². The quantitative estimate of drug-likeness (QED) is 0.178. The molecule has 0 aliphatic rings. The van der Waals surface area contributed by atoms with Crippen LogP contribution in [0.3, 0.4) is 0 Å². The van der Waals surface area contributed by atoms with Gasteiger partial charge in [0.2, 0.25) is 0 Å². The second kappa shape index (κ2) is 7.33. The van der Waals surface area contributed by atoms with Gasteiger partial charge in [0.1, 0.15) is 13.4 Å². The number of nitrogens with zero attached hydrogens (tertiary/aromatic N) is 4. The maximum Gasteiger partial charge on any atom is 0.258 e. The van der Waals surface area contributed by atoms with Gasteiger partial charge in [0.05, 0.1) is 14.1 Å². The molecule has 0 fully saturated rings. The van der Waals surface area contributed by atoms with Gasteiger partial charge in [-0.05, 0) is 0 Å². The fraction of sp³-hybridized carbons (Fsp3) is 0.714. The molecule has 0 saturated heterocycles. The highest BCUT2D eigenvalue weighted by atomic mass is 127. The number of hydrazone groups is 1. The first-order chi connectivity index (χ1) is 5.02. The molecule has 0 unspecified atom stereocenters. The van der Waals surface area contributed by atoms with Crippen molar-refractivity contribution < 1.29 is 28.6 Å². The lowest BCUT2D eigenvalue weighted by Crippen LogP contribution is -3.00. The highest BCUT2D eigenvalue weighted by Crippen LogP contribution is 1.75. The lowest BCUT2D eigenvalue weighted by Gasteiger charge is -2.03. The summed E-state index contributed by atoms with van der Waals surface area (Å²) in [6, 6.07) is 0. The minimum Gasteiger partial charge on any atom is -1.00 e. The molecule has 0 aromatic heterocycles. The molecule has 4 nitrogen and oxygen atoms in total. The van der Waals surface area contributed by atoms with Crippen molar-refractivity contribution in [1.29, 1.82) is 0 Å². The van der Waals surface area contributed by atoms with Gasteiger partial charge in [-0.15, -0.1) is 5.01 Å². The van der Waals surface area contributed by atoms with E-state index in [1.54, 1.807) is 11.3 Å². The Morgan fingerprint density at radius 1 is 1.17 bits per heavy atom. The summed E-state index contributed by atoms with van der Waals surface area (Å²) in [6.45, 7) is 0. The minimum absolute atomic E-state index is 0. The smallest absolute Gasteiger partial charge is 0.258 e. The maximum atomic E-state index is 4.10. The first kappa shape index (κ1) is 14.2. The van der Waals surface area contributed by atoms with Crippen LogP contribution in [-0.4, -0.2) is 62.4 Å². The van der Waals surface area contributed by atoms with Gasteiger partial charge in [0.15, 0.2) is 0 Å². The summed E-state index contributed by atoms with van der Waals surface area (Å²) < 4.78 is 1.94. The predicted octanol–water partition coefficient (Wildman–Crippen LogP) is -3.27. The summed E-state index contributed by atoms with van der Waals surface area (Å²) in [4.78, 5) is 1.89. The predicted molar refractivity (Wildman–Crippen MR) is 48.1 cm³/mol. The van der Waals surface area contributed by atoms with Gasteiger partial charge in [-0.3, -0.25) is 4.58 Å². The van der Waals surface area contributed by atoms with Gasteiger partial charge in [0, 0.05) is 14.1 Å². The van der Waals surface area contributed by atoms with Crippen LogP contribution in [0.1, 0.15) is 0 Å². The molecule has 0 atom stereocenters. The lowest BCUT2D eigenvalue weighted by molar-refractivity contribution is -0.464. The third-order valence-electron chi connectivity index (χ3n) is 0.863. The van der Waals surface area contributed by atoms with E-state index in [1.165, 1.54) is 0 Å². The summed E-state index contributed by atoms with van der Waals surface area (Å²) in [5.41, 5.74) is 0. The topological polar surface area (TPSA) is 21.9 Å². The van der Waals surface area contributed by atoms with Gasteiger partial charge in [0.25, 0.3) is 6.34 Å². The number of hydrogen-bond donors (Lipinski definition) is 0. The molecule has 0 saturated carbocycles. The van der Waals surface area contributed by atoms with Crippen LogP contribution in [0, 0.1) is 0 Å². The summed E-state index contributed by atoms with van der Waals surface area (Å²) >= 11 is 0. The van der Waals surface area contributed by atoms with Crippen molar-refractivity contribution in [1.82, 2.24) is 9.91 Å². The van der Waals surface area contributed by atoms with E-state index in [1.807, 2.05) is 51.1 Å². The highest BCUT2D eigenvalue weighted by molar-refractivity contribution is 5.57. The second-order valence-corrected chi connectivity index (χ2v) is 2.85. The van der Waals surface area contributed by atoms with E-state index >= 15 is 0 Å². The standard InChI is InChI=1S/C7H17N4.HI/c1-9(2)6-8-11(5)7-10(3)4;/h6-7H,1-5H3;1H/q+1;/p-1/b8-6+;. The first-order valence-electron chi connectivity index (χ1n) is 3.47. The van der Waals surface area contributed by atoms with Crippen molar-refractivity contribution in [2.75, 3.05) is 35.2 Å². The zero-order valence-electron chi connectivity index (χ0n) is 8.32. The monoisotopic (exact) mass is 284 g/mol. The Labute approximate surface area is 91.6 Å². The Morgan fingerprint density at radius 3 is 2.00 bits per heavy atom. The summed E-state index contributed by atoms with van der Waals surface area (Å²) in [7, 11) is 9.68. The average Bonchev–Trinajstić information content (AvgIpc) is 1.82. The molecule has 0 N–H and O–H groups in total. The van der Waals surface area contributed by atoms with E-state index in [0.29, 0.717) is 0 Å². The zero-order valence-corrected chi connectivity index (χ0v) is 10.5. The zero-order chi connectivity index (χ0) is 8.85. The molecule has 5 heteroatoms. The van der Waals surface area contributed by atoms with E-state index in [2.05, 4.69) is 5.10 Å². The molecule has 72 valence electrons. The molecular weight excluding hydrogens is 267 g/mol. The van der Waals surface area contributed by atoms with Gasteiger partial charge in [-0.25, -0.2) is 0 Å². The van der Waals surface area contributed by atoms with Crippen LogP contribution >= 0.6 is 0 Å². The molecule has 0 aliphatic carbocycles. The fourth-order valence-corrected chi connectivity index (χ4v) is 0.549. The summed E-state index contributed by atoms with van der Waals surface area (Å²) in [5.74, 6) is 0. The third kappa shape index (κ3) is 9.67. The Bertz CT molecular complexity index is 161.